The summed E-state index contributed by atoms with van der Waals surface area (Å²) < 4.78 is 2.21. The summed E-state index contributed by atoms with van der Waals surface area (Å²) >= 11 is 3.44. The molecule has 0 N–H and O–H groups in total. The van der Waals surface area contributed by atoms with Crippen molar-refractivity contribution in [3.8, 4) is 10.6 Å². The molecule has 4 rings (SSSR count). The predicted molar refractivity (Wildman–Crippen MR) is 85.9 cm³/mol. The lowest BCUT2D eigenvalue weighted by Gasteiger charge is -2.25. The van der Waals surface area contributed by atoms with Gasteiger partial charge in [0.25, 0.3) is 0 Å². The number of aryl methyl sites for hydroxylation is 1. The smallest absolute Gasteiger partial charge is 0.219 e. The van der Waals surface area contributed by atoms with Gasteiger partial charge in [0.15, 0.2) is 4.96 Å². The normalized spacial score (nSPS) is 14.7. The van der Waals surface area contributed by atoms with Gasteiger partial charge < -0.3 is 4.90 Å². The van der Waals surface area contributed by atoms with E-state index in [0.29, 0.717) is 0 Å². The molecule has 6 heteroatoms. The Bertz CT molecular complexity index is 842. The summed E-state index contributed by atoms with van der Waals surface area (Å²) in [4.78, 5) is 21.7. The van der Waals surface area contributed by atoms with Crippen LogP contribution in [-0.4, -0.2) is 26.7 Å². The molecular formula is C15H15N3OS2. The van der Waals surface area contributed by atoms with Crippen molar-refractivity contribution in [3.05, 3.63) is 33.8 Å². The van der Waals surface area contributed by atoms with Crippen LogP contribution in [0.15, 0.2) is 17.6 Å². The molecule has 1 amide bonds. The molecule has 0 bridgehead atoms. The molecule has 0 aromatic carbocycles. The van der Waals surface area contributed by atoms with E-state index in [9.17, 15) is 4.79 Å². The third-order valence-electron chi connectivity index (χ3n) is 3.88. The van der Waals surface area contributed by atoms with Gasteiger partial charge in [0.05, 0.1) is 11.4 Å². The van der Waals surface area contributed by atoms with Gasteiger partial charge in [0.1, 0.15) is 5.69 Å². The Morgan fingerprint density at radius 3 is 3.00 bits per heavy atom. The second-order valence-electron chi connectivity index (χ2n) is 5.43. The fraction of sp³-hybridized carbons (Fsp3) is 0.333. The zero-order chi connectivity index (χ0) is 14.6. The summed E-state index contributed by atoms with van der Waals surface area (Å²) in [6.45, 7) is 5.28. The van der Waals surface area contributed by atoms with Gasteiger partial charge >= 0.3 is 0 Å². The molecular weight excluding hydrogens is 302 g/mol. The van der Waals surface area contributed by atoms with Crippen LogP contribution in [0, 0.1) is 6.92 Å². The Morgan fingerprint density at radius 2 is 2.29 bits per heavy atom. The van der Waals surface area contributed by atoms with Crippen molar-refractivity contribution in [1.29, 1.82) is 0 Å². The van der Waals surface area contributed by atoms with Crippen molar-refractivity contribution in [2.75, 3.05) is 6.54 Å². The van der Waals surface area contributed by atoms with Gasteiger partial charge in [0, 0.05) is 36.7 Å². The molecule has 108 valence electrons. The molecule has 0 aliphatic carbocycles. The summed E-state index contributed by atoms with van der Waals surface area (Å²) in [6.07, 6.45) is 3.05. The predicted octanol–water partition coefficient (Wildman–Crippen LogP) is 3.34. The van der Waals surface area contributed by atoms with E-state index in [1.54, 1.807) is 29.6 Å². The fourth-order valence-corrected chi connectivity index (χ4v) is 4.78. The quantitative estimate of drug-likeness (QED) is 0.690. The molecule has 1 aliphatic rings. The van der Waals surface area contributed by atoms with Crippen molar-refractivity contribution in [3.63, 3.8) is 0 Å². The van der Waals surface area contributed by atoms with E-state index in [4.69, 9.17) is 4.98 Å². The van der Waals surface area contributed by atoms with Crippen LogP contribution in [0.2, 0.25) is 0 Å². The number of imidazole rings is 1. The molecule has 21 heavy (non-hydrogen) atoms. The molecule has 0 spiro atoms. The minimum Gasteiger partial charge on any atom is -0.337 e. The number of fused-ring (bicyclic) bond motifs is 3. The van der Waals surface area contributed by atoms with Gasteiger partial charge in [-0.2, -0.15) is 0 Å². The van der Waals surface area contributed by atoms with Crippen molar-refractivity contribution in [1.82, 2.24) is 14.3 Å². The number of amides is 1. The highest BCUT2D eigenvalue weighted by Gasteiger charge is 2.23. The Balaban J connectivity index is 1.75. The lowest BCUT2D eigenvalue weighted by atomic mass is 10.2. The number of carbonyl (C=O) groups excluding carboxylic acids is 1. The first-order valence-corrected chi connectivity index (χ1v) is 8.62. The van der Waals surface area contributed by atoms with Crippen molar-refractivity contribution in [2.45, 2.75) is 26.8 Å². The monoisotopic (exact) mass is 317 g/mol. The van der Waals surface area contributed by atoms with E-state index in [0.717, 1.165) is 30.2 Å². The average Bonchev–Trinajstić information content (AvgIpc) is 3.10. The lowest BCUT2D eigenvalue weighted by Crippen LogP contribution is -2.33. The molecule has 3 aromatic heterocycles. The second kappa shape index (κ2) is 4.68. The maximum Gasteiger partial charge on any atom is 0.219 e. The van der Waals surface area contributed by atoms with Crippen molar-refractivity contribution < 1.29 is 4.79 Å². The molecule has 1 aliphatic heterocycles. The van der Waals surface area contributed by atoms with Gasteiger partial charge in [-0.15, -0.1) is 11.3 Å². The van der Waals surface area contributed by atoms with Crippen LogP contribution >= 0.6 is 22.7 Å². The van der Waals surface area contributed by atoms with Crippen LogP contribution in [-0.2, 0) is 17.8 Å². The van der Waals surface area contributed by atoms with Crippen LogP contribution in [0.4, 0.5) is 0 Å². The highest BCUT2D eigenvalue weighted by atomic mass is 32.1. The van der Waals surface area contributed by atoms with Crippen LogP contribution in [0.25, 0.3) is 15.5 Å². The van der Waals surface area contributed by atoms with Crippen molar-refractivity contribution in [2.24, 2.45) is 0 Å². The minimum absolute atomic E-state index is 0.154. The lowest BCUT2D eigenvalue weighted by molar-refractivity contribution is -0.129. The molecule has 0 saturated carbocycles. The minimum atomic E-state index is 0.154. The van der Waals surface area contributed by atoms with E-state index >= 15 is 0 Å². The maximum absolute atomic E-state index is 11.5. The first-order valence-electron chi connectivity index (χ1n) is 6.92. The van der Waals surface area contributed by atoms with Gasteiger partial charge in [-0.1, -0.05) is 11.3 Å². The van der Waals surface area contributed by atoms with Crippen LogP contribution in [0.3, 0.4) is 0 Å². The summed E-state index contributed by atoms with van der Waals surface area (Å²) in [6, 6.07) is 2.18. The fourth-order valence-electron chi connectivity index (χ4n) is 2.76. The number of rotatable bonds is 1. The standard InChI is InChI=1S/C15H15N3OS2/c1-9-5-13(20-8-9)11-6-18-12-3-4-17(10(2)19)7-14(12)21-15(18)16-11/h5-6,8H,3-4,7H2,1-2H3. The summed E-state index contributed by atoms with van der Waals surface area (Å²) in [5.41, 5.74) is 3.65. The number of carbonyl (C=O) groups is 1. The maximum atomic E-state index is 11.5. The van der Waals surface area contributed by atoms with E-state index in [-0.39, 0.29) is 5.91 Å². The van der Waals surface area contributed by atoms with E-state index in [1.165, 1.54) is 21.0 Å². The number of aromatic nitrogens is 2. The molecule has 3 aromatic rings. The zero-order valence-corrected chi connectivity index (χ0v) is 13.6. The van der Waals surface area contributed by atoms with Crippen LogP contribution in [0.1, 0.15) is 23.1 Å². The van der Waals surface area contributed by atoms with Gasteiger partial charge in [-0.05, 0) is 23.9 Å². The van der Waals surface area contributed by atoms with E-state index in [1.807, 2.05) is 4.90 Å². The largest absolute Gasteiger partial charge is 0.337 e. The molecule has 0 atom stereocenters. The number of hydrogen-bond donors (Lipinski definition) is 0. The summed E-state index contributed by atoms with van der Waals surface area (Å²) in [5, 5.41) is 2.16. The average molecular weight is 317 g/mol. The number of thiazole rings is 1. The molecule has 0 saturated heterocycles. The third-order valence-corrected chi connectivity index (χ3v) is 6.03. The molecule has 0 unspecified atom stereocenters. The SMILES string of the molecule is CC(=O)N1CCc2c(sc3nc(-c4cc(C)cs4)cn23)C1. The highest BCUT2D eigenvalue weighted by Crippen LogP contribution is 2.33. The Morgan fingerprint density at radius 1 is 1.43 bits per heavy atom. The zero-order valence-electron chi connectivity index (χ0n) is 11.9. The number of hydrogen-bond acceptors (Lipinski definition) is 4. The van der Waals surface area contributed by atoms with Gasteiger partial charge in [-0.25, -0.2) is 4.98 Å². The van der Waals surface area contributed by atoms with E-state index < -0.39 is 0 Å². The van der Waals surface area contributed by atoms with Crippen molar-refractivity contribution >= 4 is 33.5 Å². The topological polar surface area (TPSA) is 37.6 Å². The van der Waals surface area contributed by atoms with Gasteiger partial charge in [0.2, 0.25) is 5.91 Å². The molecule has 4 nitrogen and oxygen atoms in total. The summed E-state index contributed by atoms with van der Waals surface area (Å²) in [7, 11) is 0. The Kier molecular flexibility index (Phi) is 2.90. The van der Waals surface area contributed by atoms with Gasteiger partial charge in [-0.3, -0.25) is 9.20 Å². The molecule has 4 heterocycles. The first-order chi connectivity index (χ1) is 10.1. The first kappa shape index (κ1) is 13.0. The van der Waals surface area contributed by atoms with Crippen LogP contribution < -0.4 is 0 Å². The summed E-state index contributed by atoms with van der Waals surface area (Å²) in [5.74, 6) is 0.154. The highest BCUT2D eigenvalue weighted by molar-refractivity contribution is 7.17. The van der Waals surface area contributed by atoms with Crippen LogP contribution in [0.5, 0.6) is 0 Å². The molecule has 0 fully saturated rings. The van der Waals surface area contributed by atoms with E-state index in [2.05, 4.69) is 29.0 Å². The Labute approximate surface area is 130 Å². The third kappa shape index (κ3) is 2.10. The Hall–Kier alpha value is -1.66. The number of nitrogens with zero attached hydrogens (tertiary/aromatic N) is 3. The number of thiophene rings is 1. The molecule has 0 radical (unpaired) electrons. The second-order valence-corrected chi connectivity index (χ2v) is 7.40.